The fourth-order valence-electron chi connectivity index (χ4n) is 3.93. The quantitative estimate of drug-likeness (QED) is 0.414. The van der Waals surface area contributed by atoms with Gasteiger partial charge in [-0.2, -0.15) is 13.2 Å². The summed E-state index contributed by atoms with van der Waals surface area (Å²) in [6, 6.07) is 6.44. The number of ether oxygens (including phenoxy) is 1. The number of nitrogens with one attached hydrogen (secondary N) is 1. The monoisotopic (exact) mass is 447 g/mol. The number of alkyl halides is 3. The molecule has 0 radical (unpaired) electrons. The van der Waals surface area contributed by atoms with Gasteiger partial charge >= 0.3 is 12.1 Å². The molecular formula is C23H17F4NO4. The Hall–Kier alpha value is -3.38. The summed E-state index contributed by atoms with van der Waals surface area (Å²) in [6.45, 7) is 0.0369. The molecule has 1 aliphatic carbocycles. The van der Waals surface area contributed by atoms with Crippen molar-refractivity contribution >= 4 is 17.6 Å². The molecule has 1 heterocycles. The first kappa shape index (κ1) is 21.8. The maximum Gasteiger partial charge on any atom is 0.416 e. The number of carbonyl (C=O) groups excluding carboxylic acids is 2. The molecule has 0 bridgehead atoms. The molecule has 1 fully saturated rings. The van der Waals surface area contributed by atoms with E-state index in [0.29, 0.717) is 23.3 Å². The van der Waals surface area contributed by atoms with Gasteiger partial charge in [-0.3, -0.25) is 4.79 Å². The van der Waals surface area contributed by atoms with Crippen molar-refractivity contribution in [2.45, 2.75) is 43.1 Å². The minimum Gasteiger partial charge on any atom is -0.457 e. The van der Waals surface area contributed by atoms with Gasteiger partial charge in [0.05, 0.1) is 11.1 Å². The van der Waals surface area contributed by atoms with E-state index in [2.05, 4.69) is 5.32 Å². The van der Waals surface area contributed by atoms with Crippen LogP contribution in [0.4, 0.5) is 23.2 Å². The molecule has 2 aromatic rings. The van der Waals surface area contributed by atoms with Crippen LogP contribution in [0.15, 0.2) is 36.4 Å². The first-order chi connectivity index (χ1) is 15.0. The average molecular weight is 447 g/mol. The smallest absolute Gasteiger partial charge is 0.416 e. The Bertz CT molecular complexity index is 1160. The van der Waals surface area contributed by atoms with Gasteiger partial charge in [-0.25, -0.2) is 9.18 Å². The van der Waals surface area contributed by atoms with Crippen LogP contribution < -0.4 is 5.32 Å². The lowest BCUT2D eigenvalue weighted by Gasteiger charge is -2.27. The van der Waals surface area contributed by atoms with Gasteiger partial charge in [-0.15, -0.1) is 6.42 Å². The van der Waals surface area contributed by atoms with Crippen LogP contribution in [0.5, 0.6) is 0 Å². The Morgan fingerprint density at radius 2 is 1.94 bits per heavy atom. The van der Waals surface area contributed by atoms with Crippen molar-refractivity contribution in [3.8, 4) is 12.3 Å². The fraction of sp³-hybridized carbons (Fsp3) is 0.304. The number of anilines is 1. The molecule has 166 valence electrons. The number of aliphatic hydroxyl groups is 1. The van der Waals surface area contributed by atoms with E-state index in [1.165, 1.54) is 18.2 Å². The van der Waals surface area contributed by atoms with Gasteiger partial charge in [0.25, 0.3) is 5.91 Å². The molecule has 9 heteroatoms. The lowest BCUT2D eigenvalue weighted by molar-refractivity contribution is -0.137. The summed E-state index contributed by atoms with van der Waals surface area (Å²) in [5.41, 5.74) is -3.71. The molecule has 1 aliphatic heterocycles. The largest absolute Gasteiger partial charge is 0.457 e. The SMILES string of the molecule is C#CC(O)(CC1(c2cc(C(F)(F)F)ccc2F)CC1)C(=O)Nc1ccc2c(c1)COC2=O. The highest BCUT2D eigenvalue weighted by Crippen LogP contribution is 2.54. The molecule has 2 N–H and O–H groups in total. The van der Waals surface area contributed by atoms with Crippen LogP contribution in [0.1, 0.15) is 46.3 Å². The number of cyclic esters (lactones) is 1. The molecule has 0 saturated heterocycles. The minimum absolute atomic E-state index is 0.0369. The van der Waals surface area contributed by atoms with Gasteiger partial charge in [0.2, 0.25) is 5.60 Å². The number of amides is 1. The Kier molecular flexibility index (Phi) is 5.01. The summed E-state index contributed by atoms with van der Waals surface area (Å²) >= 11 is 0. The number of halogens is 4. The molecule has 2 aromatic carbocycles. The lowest BCUT2D eigenvalue weighted by atomic mass is 9.82. The second kappa shape index (κ2) is 7.35. The predicted molar refractivity (Wildman–Crippen MR) is 105 cm³/mol. The number of fused-ring (bicyclic) bond motifs is 1. The molecule has 1 amide bonds. The van der Waals surface area contributed by atoms with Crippen LogP contribution in [-0.2, 0) is 27.7 Å². The normalized spacial score (nSPS) is 18.2. The Morgan fingerprint density at radius 3 is 2.56 bits per heavy atom. The summed E-state index contributed by atoms with van der Waals surface area (Å²) < 4.78 is 58.6. The molecule has 0 spiro atoms. The van der Waals surface area contributed by atoms with Gasteiger partial charge in [0, 0.05) is 23.1 Å². The third-order valence-electron chi connectivity index (χ3n) is 5.87. The number of benzene rings is 2. The standard InChI is InChI=1S/C23H17F4NO4/c1-2-22(31,20(30)28-15-4-5-16-13(9-15)11-32-19(16)29)12-21(7-8-21)17-10-14(23(25,26)27)3-6-18(17)24/h1,3-6,9-10,31H,7-8,11-12H2,(H,28,30). The Labute approximate surface area is 180 Å². The van der Waals surface area contributed by atoms with Crippen LogP contribution in [-0.4, -0.2) is 22.6 Å². The van der Waals surface area contributed by atoms with Crippen LogP contribution in [0.2, 0.25) is 0 Å². The van der Waals surface area contributed by atoms with E-state index in [1.807, 2.05) is 5.92 Å². The topological polar surface area (TPSA) is 75.6 Å². The average Bonchev–Trinajstić information content (AvgIpc) is 3.42. The highest BCUT2D eigenvalue weighted by Gasteiger charge is 2.53. The predicted octanol–water partition coefficient (Wildman–Crippen LogP) is 3.94. The van der Waals surface area contributed by atoms with E-state index in [0.717, 1.165) is 6.07 Å². The van der Waals surface area contributed by atoms with Gasteiger partial charge in [0.1, 0.15) is 12.4 Å². The molecule has 1 saturated carbocycles. The van der Waals surface area contributed by atoms with Crippen molar-refractivity contribution in [2.24, 2.45) is 0 Å². The Balaban J connectivity index is 1.58. The highest BCUT2D eigenvalue weighted by molar-refractivity contribution is 6.00. The van der Waals surface area contributed by atoms with Gasteiger partial charge < -0.3 is 15.2 Å². The Morgan fingerprint density at radius 1 is 1.22 bits per heavy atom. The van der Waals surface area contributed by atoms with Crippen molar-refractivity contribution in [3.63, 3.8) is 0 Å². The van der Waals surface area contributed by atoms with E-state index < -0.39 is 46.9 Å². The second-order valence-electron chi connectivity index (χ2n) is 8.06. The lowest BCUT2D eigenvalue weighted by Crippen LogP contribution is -2.44. The molecule has 32 heavy (non-hydrogen) atoms. The summed E-state index contributed by atoms with van der Waals surface area (Å²) in [5.74, 6) is -0.326. The van der Waals surface area contributed by atoms with Gasteiger partial charge in [-0.05, 0) is 54.8 Å². The maximum atomic E-state index is 14.4. The number of terminal acetylenes is 1. The van der Waals surface area contributed by atoms with E-state index in [-0.39, 0.29) is 30.7 Å². The number of esters is 1. The molecule has 4 rings (SSSR count). The van der Waals surface area contributed by atoms with Crippen molar-refractivity contribution in [3.05, 3.63) is 64.5 Å². The van der Waals surface area contributed by atoms with E-state index in [9.17, 15) is 32.3 Å². The summed E-state index contributed by atoms with van der Waals surface area (Å²) in [6.07, 6.45) is 0.829. The van der Waals surface area contributed by atoms with Gasteiger partial charge in [0.15, 0.2) is 0 Å². The number of hydrogen-bond donors (Lipinski definition) is 2. The number of rotatable bonds is 5. The van der Waals surface area contributed by atoms with Gasteiger partial charge in [-0.1, -0.05) is 5.92 Å². The molecule has 5 nitrogen and oxygen atoms in total. The molecule has 2 aliphatic rings. The first-order valence-electron chi connectivity index (χ1n) is 9.66. The van der Waals surface area contributed by atoms with Crippen molar-refractivity contribution < 1.29 is 37.0 Å². The third kappa shape index (κ3) is 3.82. The first-order valence-corrected chi connectivity index (χ1v) is 9.66. The van der Waals surface area contributed by atoms with Crippen LogP contribution in [0.3, 0.4) is 0 Å². The van der Waals surface area contributed by atoms with Crippen molar-refractivity contribution in [2.75, 3.05) is 5.32 Å². The zero-order valence-corrected chi connectivity index (χ0v) is 16.6. The number of carbonyl (C=O) groups is 2. The summed E-state index contributed by atoms with van der Waals surface area (Å²) in [4.78, 5) is 24.3. The zero-order chi connectivity index (χ0) is 23.3. The molecule has 0 aromatic heterocycles. The second-order valence-corrected chi connectivity index (χ2v) is 8.06. The third-order valence-corrected chi connectivity index (χ3v) is 5.87. The van der Waals surface area contributed by atoms with Crippen LogP contribution in [0, 0.1) is 18.2 Å². The summed E-state index contributed by atoms with van der Waals surface area (Å²) in [7, 11) is 0. The fourth-order valence-corrected chi connectivity index (χ4v) is 3.93. The van der Waals surface area contributed by atoms with E-state index in [4.69, 9.17) is 11.2 Å². The van der Waals surface area contributed by atoms with E-state index in [1.54, 1.807) is 0 Å². The highest BCUT2D eigenvalue weighted by atomic mass is 19.4. The molecule has 1 atom stereocenters. The van der Waals surface area contributed by atoms with Crippen LogP contribution in [0.25, 0.3) is 0 Å². The summed E-state index contributed by atoms with van der Waals surface area (Å²) in [5, 5.41) is 13.3. The molecule has 1 unspecified atom stereocenters. The van der Waals surface area contributed by atoms with Crippen molar-refractivity contribution in [1.29, 1.82) is 0 Å². The van der Waals surface area contributed by atoms with Crippen LogP contribution >= 0.6 is 0 Å². The molecular weight excluding hydrogens is 430 g/mol. The minimum atomic E-state index is -4.67. The zero-order valence-electron chi connectivity index (χ0n) is 16.6. The van der Waals surface area contributed by atoms with Crippen molar-refractivity contribution in [1.82, 2.24) is 0 Å². The van der Waals surface area contributed by atoms with E-state index >= 15 is 0 Å². The maximum absolute atomic E-state index is 14.4. The number of hydrogen-bond acceptors (Lipinski definition) is 4.